The fourth-order valence-corrected chi connectivity index (χ4v) is 3.41. The van der Waals surface area contributed by atoms with Gasteiger partial charge in [0.15, 0.2) is 6.61 Å². The number of amides is 1. The number of para-hydroxylation sites is 2. The van der Waals surface area contributed by atoms with Gasteiger partial charge in [0.2, 0.25) is 0 Å². The number of hydrogen-bond donors (Lipinski definition) is 2. The Balaban J connectivity index is 1.50. The topological polar surface area (TPSA) is 67.0 Å². The lowest BCUT2D eigenvalue weighted by atomic mass is 10.1. The highest BCUT2D eigenvalue weighted by Crippen LogP contribution is 2.22. The molecule has 3 aromatic carbocycles. The van der Waals surface area contributed by atoms with Crippen LogP contribution >= 0.6 is 11.6 Å². The number of imidazole rings is 1. The van der Waals surface area contributed by atoms with Gasteiger partial charge in [0.25, 0.3) is 5.91 Å². The van der Waals surface area contributed by atoms with Gasteiger partial charge < -0.3 is 15.0 Å². The molecule has 0 fully saturated rings. The lowest BCUT2D eigenvalue weighted by Gasteiger charge is -2.17. The molecule has 30 heavy (non-hydrogen) atoms. The maximum absolute atomic E-state index is 12.7. The lowest BCUT2D eigenvalue weighted by molar-refractivity contribution is -0.123. The van der Waals surface area contributed by atoms with Gasteiger partial charge >= 0.3 is 0 Å². The minimum Gasteiger partial charge on any atom is -0.484 e. The summed E-state index contributed by atoms with van der Waals surface area (Å²) in [5, 5.41) is 3.72. The molecular weight excluding hydrogens is 398 g/mol. The average molecular weight is 420 g/mol. The van der Waals surface area contributed by atoms with Crippen molar-refractivity contribution in [3.63, 3.8) is 0 Å². The Hall–Kier alpha value is -3.31. The zero-order chi connectivity index (χ0) is 20.9. The number of ether oxygens (including phenoxy) is 1. The lowest BCUT2D eigenvalue weighted by Crippen LogP contribution is -2.34. The maximum atomic E-state index is 12.7. The molecule has 1 amide bonds. The number of aryl methyl sites for hydroxylation is 1. The van der Waals surface area contributed by atoms with E-state index < -0.39 is 0 Å². The van der Waals surface area contributed by atoms with Gasteiger partial charge in [-0.1, -0.05) is 54.1 Å². The molecule has 2 N–H and O–H groups in total. The van der Waals surface area contributed by atoms with Crippen LogP contribution in [0, 0.1) is 6.92 Å². The van der Waals surface area contributed by atoms with E-state index in [0.717, 1.165) is 28.0 Å². The van der Waals surface area contributed by atoms with Crippen molar-refractivity contribution in [2.24, 2.45) is 0 Å². The number of nitrogens with zero attached hydrogens (tertiary/aromatic N) is 1. The van der Waals surface area contributed by atoms with E-state index in [-0.39, 0.29) is 18.6 Å². The molecule has 4 rings (SSSR count). The standard InChI is InChI=1S/C24H22ClN3O2/c1-16-13-18(11-12-19(16)25)30-15-23(29)26-22(14-17-7-3-2-4-8-17)24-27-20-9-5-6-10-21(20)28-24/h2-13,22H,14-15H2,1H3,(H,26,29)(H,27,28). The van der Waals surface area contributed by atoms with Crippen LogP contribution in [0.2, 0.25) is 5.02 Å². The van der Waals surface area contributed by atoms with Gasteiger partial charge in [0.1, 0.15) is 11.6 Å². The third-order valence-electron chi connectivity index (χ3n) is 4.85. The van der Waals surface area contributed by atoms with E-state index in [1.165, 1.54) is 0 Å². The quantitative estimate of drug-likeness (QED) is 0.442. The predicted octanol–water partition coefficient (Wildman–Crippen LogP) is 5.00. The zero-order valence-electron chi connectivity index (χ0n) is 16.6. The normalized spacial score (nSPS) is 11.9. The minimum atomic E-state index is -0.303. The maximum Gasteiger partial charge on any atom is 0.258 e. The first-order chi connectivity index (χ1) is 14.6. The Bertz CT molecular complexity index is 1120. The van der Waals surface area contributed by atoms with Gasteiger partial charge in [-0.05, 0) is 54.8 Å². The Morgan fingerprint density at radius 1 is 1.10 bits per heavy atom. The molecular formula is C24H22ClN3O2. The van der Waals surface area contributed by atoms with Crippen LogP contribution in [0.25, 0.3) is 11.0 Å². The number of aromatic nitrogens is 2. The van der Waals surface area contributed by atoms with E-state index in [9.17, 15) is 4.79 Å². The summed E-state index contributed by atoms with van der Waals surface area (Å²) in [6.07, 6.45) is 0.618. The first-order valence-electron chi connectivity index (χ1n) is 9.75. The van der Waals surface area contributed by atoms with Crippen molar-refractivity contribution in [1.82, 2.24) is 15.3 Å². The number of benzene rings is 3. The number of rotatable bonds is 7. The molecule has 0 aliphatic heterocycles. The van der Waals surface area contributed by atoms with Crippen LogP contribution in [-0.2, 0) is 11.2 Å². The number of fused-ring (bicyclic) bond motifs is 1. The molecule has 4 aromatic rings. The summed E-state index contributed by atoms with van der Waals surface area (Å²) in [6.45, 7) is 1.80. The highest BCUT2D eigenvalue weighted by atomic mass is 35.5. The van der Waals surface area contributed by atoms with E-state index in [1.807, 2.05) is 67.6 Å². The number of aromatic amines is 1. The van der Waals surface area contributed by atoms with E-state index >= 15 is 0 Å². The summed E-state index contributed by atoms with van der Waals surface area (Å²) in [5.74, 6) is 1.11. The molecule has 152 valence electrons. The smallest absolute Gasteiger partial charge is 0.258 e. The zero-order valence-corrected chi connectivity index (χ0v) is 17.3. The Morgan fingerprint density at radius 2 is 1.87 bits per heavy atom. The number of carbonyl (C=O) groups excluding carboxylic acids is 1. The predicted molar refractivity (Wildman–Crippen MR) is 119 cm³/mol. The van der Waals surface area contributed by atoms with Crippen LogP contribution in [0.1, 0.15) is 23.0 Å². The Morgan fingerprint density at radius 3 is 2.63 bits per heavy atom. The van der Waals surface area contributed by atoms with Crippen molar-refractivity contribution in [2.75, 3.05) is 6.61 Å². The van der Waals surface area contributed by atoms with Gasteiger partial charge in [-0.2, -0.15) is 0 Å². The van der Waals surface area contributed by atoms with E-state index in [1.54, 1.807) is 12.1 Å². The highest BCUT2D eigenvalue weighted by Gasteiger charge is 2.19. The van der Waals surface area contributed by atoms with Crippen LogP contribution in [0.5, 0.6) is 5.75 Å². The van der Waals surface area contributed by atoms with Crippen molar-refractivity contribution in [3.05, 3.63) is 94.8 Å². The summed E-state index contributed by atoms with van der Waals surface area (Å²) in [5.41, 5.74) is 3.82. The van der Waals surface area contributed by atoms with Crippen LogP contribution in [0.15, 0.2) is 72.8 Å². The number of hydrogen-bond acceptors (Lipinski definition) is 3. The summed E-state index contributed by atoms with van der Waals surface area (Å²) in [6, 6.07) is 22.9. The van der Waals surface area contributed by atoms with Crippen molar-refractivity contribution in [2.45, 2.75) is 19.4 Å². The summed E-state index contributed by atoms with van der Waals surface area (Å²) < 4.78 is 5.65. The van der Waals surface area contributed by atoms with E-state index in [4.69, 9.17) is 16.3 Å². The minimum absolute atomic E-state index is 0.0907. The molecule has 1 unspecified atom stereocenters. The second-order valence-corrected chi connectivity index (χ2v) is 7.56. The van der Waals surface area contributed by atoms with Crippen LogP contribution in [0.4, 0.5) is 0 Å². The summed E-state index contributed by atoms with van der Waals surface area (Å²) >= 11 is 6.05. The van der Waals surface area contributed by atoms with Crippen LogP contribution < -0.4 is 10.1 Å². The molecule has 0 saturated heterocycles. The van der Waals surface area contributed by atoms with E-state index in [0.29, 0.717) is 17.2 Å². The van der Waals surface area contributed by atoms with Crippen molar-refractivity contribution >= 4 is 28.5 Å². The molecule has 0 spiro atoms. The number of H-pyrrole nitrogens is 1. The van der Waals surface area contributed by atoms with Crippen molar-refractivity contribution in [1.29, 1.82) is 0 Å². The van der Waals surface area contributed by atoms with Gasteiger partial charge in [0.05, 0.1) is 17.1 Å². The largest absolute Gasteiger partial charge is 0.484 e. The third kappa shape index (κ3) is 4.81. The Labute approximate surface area is 180 Å². The molecule has 1 atom stereocenters. The Kier molecular flexibility index (Phi) is 6.00. The second kappa shape index (κ2) is 9.01. The average Bonchev–Trinajstić information content (AvgIpc) is 3.19. The van der Waals surface area contributed by atoms with Crippen molar-refractivity contribution in [3.8, 4) is 5.75 Å². The molecule has 5 nitrogen and oxygen atoms in total. The van der Waals surface area contributed by atoms with Gasteiger partial charge in [-0.3, -0.25) is 4.79 Å². The van der Waals surface area contributed by atoms with Crippen LogP contribution in [-0.4, -0.2) is 22.5 Å². The molecule has 0 aliphatic rings. The van der Waals surface area contributed by atoms with Gasteiger partial charge in [-0.25, -0.2) is 4.98 Å². The summed E-state index contributed by atoms with van der Waals surface area (Å²) in [7, 11) is 0. The molecule has 6 heteroatoms. The fourth-order valence-electron chi connectivity index (χ4n) is 3.30. The molecule has 0 bridgehead atoms. The van der Waals surface area contributed by atoms with Gasteiger partial charge in [0, 0.05) is 5.02 Å². The SMILES string of the molecule is Cc1cc(OCC(=O)NC(Cc2ccccc2)c2nc3ccccc3[nH]2)ccc1Cl. The fraction of sp³-hybridized carbons (Fsp3) is 0.167. The monoisotopic (exact) mass is 419 g/mol. The third-order valence-corrected chi connectivity index (χ3v) is 5.28. The second-order valence-electron chi connectivity index (χ2n) is 7.15. The molecule has 0 radical (unpaired) electrons. The van der Waals surface area contributed by atoms with Crippen molar-refractivity contribution < 1.29 is 9.53 Å². The molecule has 1 heterocycles. The highest BCUT2D eigenvalue weighted by molar-refractivity contribution is 6.31. The first kappa shape index (κ1) is 20.0. The molecule has 0 saturated carbocycles. The molecule has 0 aliphatic carbocycles. The first-order valence-corrected chi connectivity index (χ1v) is 10.1. The summed E-state index contributed by atoms with van der Waals surface area (Å²) in [4.78, 5) is 20.7. The number of halogens is 1. The number of nitrogens with one attached hydrogen (secondary N) is 2. The van der Waals surface area contributed by atoms with Gasteiger partial charge in [-0.15, -0.1) is 0 Å². The number of carbonyl (C=O) groups is 1. The molecule has 1 aromatic heterocycles. The van der Waals surface area contributed by atoms with Crippen LogP contribution in [0.3, 0.4) is 0 Å². The van der Waals surface area contributed by atoms with E-state index in [2.05, 4.69) is 15.3 Å².